The average Bonchev–Trinajstić information content (AvgIpc) is 1.85. The zero-order chi connectivity index (χ0) is 8.32. The van der Waals surface area contributed by atoms with E-state index in [4.69, 9.17) is 0 Å². The Bertz CT molecular complexity index is 188. The second kappa shape index (κ2) is 3.09. The van der Waals surface area contributed by atoms with Gasteiger partial charge < -0.3 is 0 Å². The molecular weight excluding hydrogens is 157 g/mol. The average molecular weight is 163 g/mol. The fourth-order valence-electron chi connectivity index (χ4n) is 0.708. The SMILES string of the molecule is FC(F)OC1(F)[CH]C=CC=C1. The number of halogens is 3. The van der Waals surface area contributed by atoms with Crippen LogP contribution >= 0.6 is 0 Å². The number of ether oxygens (including phenoxy) is 1. The molecule has 1 radical (unpaired) electrons. The van der Waals surface area contributed by atoms with Gasteiger partial charge in [0.2, 0.25) is 5.85 Å². The topological polar surface area (TPSA) is 9.23 Å². The van der Waals surface area contributed by atoms with Crippen molar-refractivity contribution >= 4 is 0 Å². The molecule has 11 heavy (non-hydrogen) atoms. The standard InChI is InChI=1S/C7H6F3O/c8-6(9)11-7(10)4-2-1-3-5-7/h1-6H. The van der Waals surface area contributed by atoms with E-state index in [0.29, 0.717) is 0 Å². The Balaban J connectivity index is 2.54. The lowest BCUT2D eigenvalue weighted by Crippen LogP contribution is -2.27. The van der Waals surface area contributed by atoms with Gasteiger partial charge in [-0.05, 0) is 6.08 Å². The first-order valence-corrected chi connectivity index (χ1v) is 2.98. The first kappa shape index (κ1) is 8.33. The summed E-state index contributed by atoms with van der Waals surface area (Å²) < 4.78 is 39.7. The van der Waals surface area contributed by atoms with Crippen LogP contribution in [0.2, 0.25) is 0 Å². The van der Waals surface area contributed by atoms with E-state index in [9.17, 15) is 13.2 Å². The van der Waals surface area contributed by atoms with Crippen LogP contribution in [0.15, 0.2) is 24.3 Å². The summed E-state index contributed by atoms with van der Waals surface area (Å²) in [5.74, 6) is -2.44. The lowest BCUT2D eigenvalue weighted by atomic mass is 10.1. The maximum Gasteiger partial charge on any atom is 0.348 e. The van der Waals surface area contributed by atoms with E-state index in [1.54, 1.807) is 0 Å². The van der Waals surface area contributed by atoms with E-state index in [0.717, 1.165) is 12.5 Å². The van der Waals surface area contributed by atoms with Crippen LogP contribution < -0.4 is 0 Å². The molecule has 1 unspecified atom stereocenters. The largest absolute Gasteiger partial charge is 0.348 e. The monoisotopic (exact) mass is 163 g/mol. The Morgan fingerprint density at radius 2 is 1.91 bits per heavy atom. The number of alkyl halides is 3. The summed E-state index contributed by atoms with van der Waals surface area (Å²) in [5, 5.41) is 0. The molecule has 0 aliphatic heterocycles. The molecule has 1 aliphatic rings. The molecular formula is C7H6F3O. The molecule has 1 atom stereocenters. The van der Waals surface area contributed by atoms with Crippen molar-refractivity contribution in [1.29, 1.82) is 0 Å². The van der Waals surface area contributed by atoms with Gasteiger partial charge in [-0.25, -0.2) is 4.39 Å². The molecule has 0 fully saturated rings. The molecule has 0 aromatic carbocycles. The van der Waals surface area contributed by atoms with E-state index in [-0.39, 0.29) is 0 Å². The summed E-state index contributed by atoms with van der Waals surface area (Å²) in [5.41, 5.74) is 0. The number of hydrogen-bond acceptors (Lipinski definition) is 1. The third-order valence-electron chi connectivity index (χ3n) is 1.14. The smallest absolute Gasteiger partial charge is 0.281 e. The van der Waals surface area contributed by atoms with Crippen molar-refractivity contribution in [3.63, 3.8) is 0 Å². The van der Waals surface area contributed by atoms with Gasteiger partial charge in [-0.2, -0.15) is 8.78 Å². The van der Waals surface area contributed by atoms with Gasteiger partial charge >= 0.3 is 6.61 Å². The molecule has 0 bridgehead atoms. The molecule has 0 saturated carbocycles. The highest BCUT2D eigenvalue weighted by Gasteiger charge is 2.31. The molecule has 0 aromatic heterocycles. The third-order valence-corrected chi connectivity index (χ3v) is 1.14. The van der Waals surface area contributed by atoms with Gasteiger partial charge in [-0.15, -0.1) is 0 Å². The molecule has 1 rings (SSSR count). The fourth-order valence-corrected chi connectivity index (χ4v) is 0.708. The van der Waals surface area contributed by atoms with Crippen LogP contribution in [0, 0.1) is 6.42 Å². The fraction of sp³-hybridized carbons (Fsp3) is 0.286. The lowest BCUT2D eigenvalue weighted by molar-refractivity contribution is -0.222. The predicted octanol–water partition coefficient (Wildman–Crippen LogP) is 2.22. The molecule has 0 heterocycles. The van der Waals surface area contributed by atoms with Gasteiger partial charge in [0, 0.05) is 0 Å². The van der Waals surface area contributed by atoms with Crippen molar-refractivity contribution in [2.24, 2.45) is 0 Å². The molecule has 61 valence electrons. The van der Waals surface area contributed by atoms with Crippen LogP contribution in [0.4, 0.5) is 13.2 Å². The quantitative estimate of drug-likeness (QED) is 0.606. The van der Waals surface area contributed by atoms with Crippen molar-refractivity contribution in [2.75, 3.05) is 0 Å². The summed E-state index contributed by atoms with van der Waals surface area (Å²) in [6, 6.07) is 0. The lowest BCUT2D eigenvalue weighted by Gasteiger charge is -2.20. The number of allylic oxidation sites excluding steroid dienone is 2. The molecule has 0 amide bonds. The maximum absolute atomic E-state index is 12.9. The molecule has 4 heteroatoms. The van der Waals surface area contributed by atoms with Gasteiger partial charge in [0.1, 0.15) is 0 Å². The van der Waals surface area contributed by atoms with Gasteiger partial charge in [0.05, 0.1) is 6.42 Å². The second-order valence-electron chi connectivity index (χ2n) is 1.99. The van der Waals surface area contributed by atoms with E-state index >= 15 is 0 Å². The zero-order valence-corrected chi connectivity index (χ0v) is 5.51. The van der Waals surface area contributed by atoms with Crippen molar-refractivity contribution in [3.8, 4) is 0 Å². The second-order valence-corrected chi connectivity index (χ2v) is 1.99. The van der Waals surface area contributed by atoms with E-state index in [1.807, 2.05) is 0 Å². The highest BCUT2D eigenvalue weighted by Crippen LogP contribution is 2.25. The summed E-state index contributed by atoms with van der Waals surface area (Å²) in [6.07, 6.45) is 5.97. The normalized spacial score (nSPS) is 29.8. The van der Waals surface area contributed by atoms with Crippen LogP contribution in [0.1, 0.15) is 0 Å². The summed E-state index contributed by atoms with van der Waals surface area (Å²) in [7, 11) is 0. The summed E-state index contributed by atoms with van der Waals surface area (Å²) in [4.78, 5) is 0. The van der Waals surface area contributed by atoms with Crippen molar-refractivity contribution < 1.29 is 17.9 Å². The minimum atomic E-state index is -3.10. The minimum absolute atomic E-state index is 0.916. The van der Waals surface area contributed by atoms with Crippen LogP contribution in [0.5, 0.6) is 0 Å². The Morgan fingerprint density at radius 1 is 1.18 bits per heavy atom. The molecule has 0 spiro atoms. The van der Waals surface area contributed by atoms with Crippen LogP contribution in [0.3, 0.4) is 0 Å². The Labute approximate surface area is 62.2 Å². The van der Waals surface area contributed by atoms with Crippen molar-refractivity contribution in [3.05, 3.63) is 30.7 Å². The molecule has 0 saturated heterocycles. The van der Waals surface area contributed by atoms with Gasteiger partial charge in [0.15, 0.2) is 0 Å². The molecule has 0 aromatic rings. The number of rotatable bonds is 2. The van der Waals surface area contributed by atoms with E-state index < -0.39 is 12.5 Å². The molecule has 1 aliphatic carbocycles. The zero-order valence-electron chi connectivity index (χ0n) is 5.51. The minimum Gasteiger partial charge on any atom is -0.281 e. The van der Waals surface area contributed by atoms with Gasteiger partial charge in [0.25, 0.3) is 0 Å². The predicted molar refractivity (Wildman–Crippen MR) is 33.5 cm³/mol. The van der Waals surface area contributed by atoms with Crippen LogP contribution in [0.25, 0.3) is 0 Å². The highest BCUT2D eigenvalue weighted by atomic mass is 19.3. The Morgan fingerprint density at radius 3 is 2.36 bits per heavy atom. The van der Waals surface area contributed by atoms with Crippen molar-refractivity contribution in [2.45, 2.75) is 12.5 Å². The third kappa shape index (κ3) is 2.38. The molecule has 1 nitrogen and oxygen atoms in total. The molecule has 0 N–H and O–H groups in total. The van der Waals surface area contributed by atoms with E-state index in [1.165, 1.54) is 18.2 Å². The summed E-state index contributed by atoms with van der Waals surface area (Å²) in [6.45, 7) is -3.10. The van der Waals surface area contributed by atoms with E-state index in [2.05, 4.69) is 4.74 Å². The summed E-state index contributed by atoms with van der Waals surface area (Å²) >= 11 is 0. The Kier molecular flexibility index (Phi) is 2.34. The number of hydrogen-bond donors (Lipinski definition) is 0. The maximum atomic E-state index is 12.9. The Hall–Kier alpha value is -0.770. The van der Waals surface area contributed by atoms with Crippen LogP contribution in [-0.4, -0.2) is 12.5 Å². The first-order chi connectivity index (χ1) is 5.12. The van der Waals surface area contributed by atoms with Crippen LogP contribution in [-0.2, 0) is 4.74 Å². The first-order valence-electron chi connectivity index (χ1n) is 2.98. The van der Waals surface area contributed by atoms with Crippen molar-refractivity contribution in [1.82, 2.24) is 0 Å². The van der Waals surface area contributed by atoms with Gasteiger partial charge in [-0.1, -0.05) is 18.2 Å². The highest BCUT2D eigenvalue weighted by molar-refractivity contribution is 5.23. The van der Waals surface area contributed by atoms with Gasteiger partial charge in [-0.3, -0.25) is 4.74 Å².